The molecular formula is C26H28N2O7. The van der Waals surface area contributed by atoms with E-state index < -0.39 is 30.2 Å². The number of furan rings is 1. The topological polar surface area (TPSA) is 117 Å². The quantitative estimate of drug-likeness (QED) is 0.360. The Balaban J connectivity index is 1.70. The molecule has 9 heteroatoms. The SMILES string of the molecule is CCOC(=O)c1c(NC(=O)COC(=O)c2cc(C)n(Cc3ccccc3)c2C)oc(C)c1C(C)=O. The Morgan fingerprint density at radius 3 is 2.29 bits per heavy atom. The largest absolute Gasteiger partial charge is 0.462 e. The molecule has 2 aromatic heterocycles. The molecule has 1 N–H and O–H groups in total. The predicted octanol–water partition coefficient (Wildman–Crippen LogP) is 4.23. The van der Waals surface area contributed by atoms with E-state index in [1.807, 2.05) is 48.7 Å². The summed E-state index contributed by atoms with van der Waals surface area (Å²) in [5.74, 6) is -2.66. The van der Waals surface area contributed by atoms with Crippen LogP contribution in [0, 0.1) is 20.8 Å². The Hall–Kier alpha value is -4.14. The number of hydrogen-bond acceptors (Lipinski definition) is 7. The molecule has 0 aliphatic heterocycles. The molecule has 9 nitrogen and oxygen atoms in total. The van der Waals surface area contributed by atoms with Gasteiger partial charge in [-0.2, -0.15) is 0 Å². The van der Waals surface area contributed by atoms with Crippen LogP contribution in [0.2, 0.25) is 0 Å². The summed E-state index contributed by atoms with van der Waals surface area (Å²) in [6, 6.07) is 11.5. The summed E-state index contributed by atoms with van der Waals surface area (Å²) in [4.78, 5) is 49.5. The first-order chi connectivity index (χ1) is 16.6. The first-order valence-electron chi connectivity index (χ1n) is 11.1. The lowest BCUT2D eigenvalue weighted by Gasteiger charge is -2.10. The molecule has 0 spiro atoms. The molecule has 1 aromatic carbocycles. The van der Waals surface area contributed by atoms with E-state index >= 15 is 0 Å². The summed E-state index contributed by atoms with van der Waals surface area (Å²) in [6.45, 7) is 8.16. The molecule has 0 aliphatic carbocycles. The van der Waals surface area contributed by atoms with Gasteiger partial charge in [0.05, 0.1) is 17.7 Å². The zero-order valence-electron chi connectivity index (χ0n) is 20.4. The third kappa shape index (κ3) is 5.68. The van der Waals surface area contributed by atoms with Gasteiger partial charge >= 0.3 is 11.9 Å². The molecule has 3 rings (SSSR count). The Bertz CT molecular complexity index is 1270. The maximum absolute atomic E-state index is 12.7. The molecule has 0 unspecified atom stereocenters. The molecule has 2 heterocycles. The third-order valence-corrected chi connectivity index (χ3v) is 5.48. The number of hydrogen-bond donors (Lipinski definition) is 1. The van der Waals surface area contributed by atoms with Gasteiger partial charge in [-0.1, -0.05) is 30.3 Å². The number of anilines is 1. The van der Waals surface area contributed by atoms with Crippen LogP contribution in [0.25, 0.3) is 0 Å². The molecule has 1 amide bonds. The van der Waals surface area contributed by atoms with Gasteiger partial charge in [-0.3, -0.25) is 14.9 Å². The summed E-state index contributed by atoms with van der Waals surface area (Å²) in [7, 11) is 0. The number of nitrogens with zero attached hydrogens (tertiary/aromatic N) is 1. The lowest BCUT2D eigenvalue weighted by Crippen LogP contribution is -2.22. The zero-order valence-corrected chi connectivity index (χ0v) is 20.4. The van der Waals surface area contributed by atoms with E-state index in [1.165, 1.54) is 13.8 Å². The molecule has 0 aliphatic rings. The predicted molar refractivity (Wildman–Crippen MR) is 128 cm³/mol. The molecule has 3 aromatic rings. The molecule has 0 atom stereocenters. The summed E-state index contributed by atoms with van der Waals surface area (Å²) < 4.78 is 17.6. The van der Waals surface area contributed by atoms with Crippen molar-refractivity contribution in [1.29, 1.82) is 0 Å². The molecule has 184 valence electrons. The number of Topliss-reactive ketones (excluding diaryl/α,β-unsaturated/α-hetero) is 1. The molecule has 0 saturated carbocycles. The van der Waals surface area contributed by atoms with E-state index in [-0.39, 0.29) is 29.4 Å². The van der Waals surface area contributed by atoms with Gasteiger partial charge in [-0.15, -0.1) is 0 Å². The van der Waals surface area contributed by atoms with Crippen LogP contribution in [0.15, 0.2) is 40.8 Å². The van der Waals surface area contributed by atoms with Gasteiger partial charge in [-0.25, -0.2) is 9.59 Å². The number of aromatic nitrogens is 1. The minimum Gasteiger partial charge on any atom is -0.462 e. The Kier molecular flexibility index (Phi) is 7.91. The number of carbonyl (C=O) groups is 4. The van der Waals surface area contributed by atoms with Crippen molar-refractivity contribution >= 4 is 29.5 Å². The normalized spacial score (nSPS) is 10.7. The first-order valence-corrected chi connectivity index (χ1v) is 11.1. The fraction of sp³-hybridized carbons (Fsp3) is 0.308. The van der Waals surface area contributed by atoms with E-state index in [1.54, 1.807) is 13.0 Å². The fourth-order valence-corrected chi connectivity index (χ4v) is 3.84. The fourth-order valence-electron chi connectivity index (χ4n) is 3.84. The number of carbonyl (C=O) groups excluding carboxylic acids is 4. The molecule has 0 bridgehead atoms. The second kappa shape index (κ2) is 10.9. The number of rotatable bonds is 9. The summed E-state index contributed by atoms with van der Waals surface area (Å²) in [6.07, 6.45) is 0. The standard InChI is InChI=1S/C26H28N2O7/c1-6-33-26(32)23-22(17(4)29)18(5)35-24(23)27-21(30)14-34-25(31)20-12-15(2)28(16(20)3)13-19-10-8-7-9-11-19/h7-12H,6,13-14H2,1-5H3,(H,27,30). The highest BCUT2D eigenvalue weighted by atomic mass is 16.5. The van der Waals surface area contributed by atoms with Crippen molar-refractivity contribution in [2.24, 2.45) is 0 Å². The van der Waals surface area contributed by atoms with E-state index in [0.29, 0.717) is 17.8 Å². The van der Waals surface area contributed by atoms with Crippen LogP contribution in [0.5, 0.6) is 0 Å². The summed E-state index contributed by atoms with van der Waals surface area (Å²) in [5, 5.41) is 2.40. The second-order valence-corrected chi connectivity index (χ2v) is 7.99. The van der Waals surface area contributed by atoms with Gasteiger partial charge in [0.1, 0.15) is 11.3 Å². The van der Waals surface area contributed by atoms with E-state index in [0.717, 1.165) is 11.3 Å². The van der Waals surface area contributed by atoms with Gasteiger partial charge < -0.3 is 18.5 Å². The first kappa shape index (κ1) is 25.5. The minimum absolute atomic E-state index is 0.0293. The Morgan fingerprint density at radius 1 is 0.971 bits per heavy atom. The van der Waals surface area contributed by atoms with Crippen molar-refractivity contribution in [3.05, 3.63) is 75.8 Å². The van der Waals surface area contributed by atoms with Gasteiger partial charge in [0.15, 0.2) is 12.4 Å². The second-order valence-electron chi connectivity index (χ2n) is 7.99. The Labute approximate surface area is 203 Å². The number of ketones is 1. The van der Waals surface area contributed by atoms with Crippen LogP contribution in [-0.4, -0.2) is 41.4 Å². The lowest BCUT2D eigenvalue weighted by atomic mass is 10.1. The van der Waals surface area contributed by atoms with Crippen molar-refractivity contribution in [2.45, 2.75) is 41.2 Å². The van der Waals surface area contributed by atoms with Crippen molar-refractivity contribution in [1.82, 2.24) is 4.57 Å². The molecular weight excluding hydrogens is 452 g/mol. The maximum atomic E-state index is 12.7. The van der Waals surface area contributed by atoms with Crippen LogP contribution in [0.3, 0.4) is 0 Å². The van der Waals surface area contributed by atoms with Crippen molar-refractivity contribution in [3.63, 3.8) is 0 Å². The highest BCUT2D eigenvalue weighted by molar-refractivity contribution is 6.10. The average molecular weight is 481 g/mol. The van der Waals surface area contributed by atoms with Gasteiger partial charge in [0, 0.05) is 17.9 Å². The molecule has 0 radical (unpaired) electrons. The number of benzene rings is 1. The summed E-state index contributed by atoms with van der Waals surface area (Å²) >= 11 is 0. The van der Waals surface area contributed by atoms with Crippen LogP contribution in [0.4, 0.5) is 5.88 Å². The zero-order chi connectivity index (χ0) is 25.7. The van der Waals surface area contributed by atoms with Gasteiger partial charge in [-0.05, 0) is 46.2 Å². The average Bonchev–Trinajstić information content (AvgIpc) is 3.29. The van der Waals surface area contributed by atoms with Crippen LogP contribution >= 0.6 is 0 Å². The number of esters is 2. The van der Waals surface area contributed by atoms with Crippen LogP contribution in [-0.2, 0) is 20.8 Å². The number of ether oxygens (including phenoxy) is 2. The van der Waals surface area contributed by atoms with E-state index in [4.69, 9.17) is 13.9 Å². The molecule has 0 fully saturated rings. The maximum Gasteiger partial charge on any atom is 0.344 e. The monoisotopic (exact) mass is 480 g/mol. The number of nitrogens with one attached hydrogen (secondary N) is 1. The highest BCUT2D eigenvalue weighted by Crippen LogP contribution is 2.28. The molecule has 35 heavy (non-hydrogen) atoms. The van der Waals surface area contributed by atoms with E-state index in [9.17, 15) is 19.2 Å². The van der Waals surface area contributed by atoms with Crippen LogP contribution in [0.1, 0.15) is 67.6 Å². The minimum atomic E-state index is -0.798. The van der Waals surface area contributed by atoms with Gasteiger partial charge in [0.2, 0.25) is 5.88 Å². The third-order valence-electron chi connectivity index (χ3n) is 5.48. The summed E-state index contributed by atoms with van der Waals surface area (Å²) in [5.41, 5.74) is 2.90. The van der Waals surface area contributed by atoms with Crippen LogP contribution < -0.4 is 5.32 Å². The highest BCUT2D eigenvalue weighted by Gasteiger charge is 2.29. The molecule has 0 saturated heterocycles. The number of amides is 1. The Morgan fingerprint density at radius 2 is 1.66 bits per heavy atom. The lowest BCUT2D eigenvalue weighted by molar-refractivity contribution is -0.119. The van der Waals surface area contributed by atoms with Gasteiger partial charge in [0.25, 0.3) is 5.91 Å². The smallest absolute Gasteiger partial charge is 0.344 e. The van der Waals surface area contributed by atoms with E-state index in [2.05, 4.69) is 5.32 Å². The number of aryl methyl sites for hydroxylation is 2. The van der Waals surface area contributed by atoms with Crippen molar-refractivity contribution < 1.29 is 33.1 Å². The van der Waals surface area contributed by atoms with Crippen molar-refractivity contribution in [3.8, 4) is 0 Å². The van der Waals surface area contributed by atoms with Crippen molar-refractivity contribution in [2.75, 3.05) is 18.5 Å².